The SMILES string of the molecule is CC(C)CS(=O)(=O)Nc1cccc(CBr)c1. The summed E-state index contributed by atoms with van der Waals surface area (Å²) in [6.07, 6.45) is 0. The fourth-order valence-corrected chi connectivity index (χ4v) is 3.17. The summed E-state index contributed by atoms with van der Waals surface area (Å²) in [6, 6.07) is 7.36. The Kier molecular flexibility index (Phi) is 4.80. The third-order valence-corrected chi connectivity index (χ3v) is 4.21. The van der Waals surface area contributed by atoms with Gasteiger partial charge in [0.15, 0.2) is 0 Å². The first-order valence-corrected chi connectivity index (χ1v) is 7.85. The molecular formula is C11H16BrNO2S. The standard InChI is InChI=1S/C11H16BrNO2S/c1-9(2)8-16(14,15)13-11-5-3-4-10(6-11)7-12/h3-6,9,13H,7-8H2,1-2H3. The molecule has 0 amide bonds. The van der Waals surface area contributed by atoms with Gasteiger partial charge in [0.1, 0.15) is 0 Å². The van der Waals surface area contributed by atoms with Crippen molar-refractivity contribution in [3.8, 4) is 0 Å². The summed E-state index contributed by atoms with van der Waals surface area (Å²) in [4.78, 5) is 0. The van der Waals surface area contributed by atoms with Crippen LogP contribution in [0.25, 0.3) is 0 Å². The highest BCUT2D eigenvalue weighted by atomic mass is 79.9. The second-order valence-corrected chi connectivity index (χ2v) is 6.44. The molecule has 5 heteroatoms. The van der Waals surface area contributed by atoms with Crippen LogP contribution < -0.4 is 4.72 Å². The van der Waals surface area contributed by atoms with E-state index < -0.39 is 10.0 Å². The maximum Gasteiger partial charge on any atom is 0.232 e. The van der Waals surface area contributed by atoms with Gasteiger partial charge in [0.2, 0.25) is 10.0 Å². The van der Waals surface area contributed by atoms with E-state index in [9.17, 15) is 8.42 Å². The van der Waals surface area contributed by atoms with Crippen molar-refractivity contribution < 1.29 is 8.42 Å². The number of sulfonamides is 1. The van der Waals surface area contributed by atoms with Crippen molar-refractivity contribution in [1.82, 2.24) is 0 Å². The van der Waals surface area contributed by atoms with Crippen LogP contribution in [0.15, 0.2) is 24.3 Å². The summed E-state index contributed by atoms with van der Waals surface area (Å²) in [6.45, 7) is 3.77. The van der Waals surface area contributed by atoms with Crippen molar-refractivity contribution in [3.05, 3.63) is 29.8 Å². The molecule has 1 aromatic rings. The Bertz CT molecular complexity index is 443. The molecule has 0 aliphatic rings. The third kappa shape index (κ3) is 4.53. The van der Waals surface area contributed by atoms with Crippen molar-refractivity contribution in [2.45, 2.75) is 19.2 Å². The summed E-state index contributed by atoms with van der Waals surface area (Å²) in [5, 5.41) is 0.715. The molecule has 0 saturated carbocycles. The first-order chi connectivity index (χ1) is 7.43. The number of hydrogen-bond acceptors (Lipinski definition) is 2. The number of anilines is 1. The monoisotopic (exact) mass is 305 g/mol. The quantitative estimate of drug-likeness (QED) is 0.850. The van der Waals surface area contributed by atoms with Crippen LogP contribution in [0.2, 0.25) is 0 Å². The Hall–Kier alpha value is -0.550. The molecule has 0 heterocycles. The number of benzene rings is 1. The zero-order valence-corrected chi connectivity index (χ0v) is 11.8. The minimum absolute atomic E-state index is 0.122. The van der Waals surface area contributed by atoms with E-state index in [4.69, 9.17) is 0 Å². The van der Waals surface area contributed by atoms with Crippen molar-refractivity contribution in [3.63, 3.8) is 0 Å². The van der Waals surface area contributed by atoms with E-state index in [0.29, 0.717) is 11.0 Å². The molecule has 0 fully saturated rings. The van der Waals surface area contributed by atoms with Gasteiger partial charge >= 0.3 is 0 Å². The minimum Gasteiger partial charge on any atom is -0.284 e. The van der Waals surface area contributed by atoms with Gasteiger partial charge in [-0.3, -0.25) is 4.72 Å². The number of hydrogen-bond donors (Lipinski definition) is 1. The summed E-state index contributed by atoms with van der Waals surface area (Å²) in [7, 11) is -3.22. The Morgan fingerprint density at radius 1 is 1.38 bits per heavy atom. The van der Waals surface area contributed by atoms with Crippen molar-refractivity contribution in [2.75, 3.05) is 10.5 Å². The van der Waals surface area contributed by atoms with E-state index in [0.717, 1.165) is 5.56 Å². The van der Waals surface area contributed by atoms with Crippen molar-refractivity contribution >= 4 is 31.6 Å². The van der Waals surface area contributed by atoms with Crippen LogP contribution in [0.4, 0.5) is 5.69 Å². The van der Waals surface area contributed by atoms with Gasteiger partial charge in [0, 0.05) is 11.0 Å². The van der Waals surface area contributed by atoms with Crippen LogP contribution in [-0.2, 0) is 15.4 Å². The first kappa shape index (κ1) is 13.5. The number of alkyl halides is 1. The third-order valence-electron chi connectivity index (χ3n) is 1.91. The lowest BCUT2D eigenvalue weighted by atomic mass is 10.2. The molecular weight excluding hydrogens is 290 g/mol. The van der Waals surface area contributed by atoms with Gasteiger partial charge in [0.25, 0.3) is 0 Å². The lowest BCUT2D eigenvalue weighted by molar-refractivity contribution is 0.587. The van der Waals surface area contributed by atoms with E-state index in [1.54, 1.807) is 6.07 Å². The molecule has 0 spiro atoms. The lowest BCUT2D eigenvalue weighted by Crippen LogP contribution is -2.20. The molecule has 90 valence electrons. The average molecular weight is 306 g/mol. The largest absolute Gasteiger partial charge is 0.284 e. The zero-order chi connectivity index (χ0) is 12.2. The molecule has 1 aromatic carbocycles. The Morgan fingerprint density at radius 3 is 2.62 bits per heavy atom. The normalized spacial score (nSPS) is 11.8. The molecule has 16 heavy (non-hydrogen) atoms. The number of halogens is 1. The highest BCUT2D eigenvalue weighted by molar-refractivity contribution is 9.08. The molecule has 0 radical (unpaired) electrons. The highest BCUT2D eigenvalue weighted by Gasteiger charge is 2.12. The van der Waals surface area contributed by atoms with Crippen LogP contribution >= 0.6 is 15.9 Å². The molecule has 3 nitrogen and oxygen atoms in total. The van der Waals surface area contributed by atoms with E-state index in [1.165, 1.54) is 0 Å². The predicted molar refractivity (Wildman–Crippen MR) is 71.3 cm³/mol. The topological polar surface area (TPSA) is 46.2 Å². The molecule has 0 aromatic heterocycles. The molecule has 1 N–H and O–H groups in total. The molecule has 0 aliphatic heterocycles. The van der Waals surface area contributed by atoms with Gasteiger partial charge in [-0.25, -0.2) is 8.42 Å². The molecule has 0 aliphatic carbocycles. The second kappa shape index (κ2) is 5.68. The van der Waals surface area contributed by atoms with Gasteiger partial charge in [0.05, 0.1) is 5.75 Å². The van der Waals surface area contributed by atoms with Crippen LogP contribution in [0.3, 0.4) is 0 Å². The summed E-state index contributed by atoms with van der Waals surface area (Å²) < 4.78 is 26.0. The van der Waals surface area contributed by atoms with E-state index >= 15 is 0 Å². The van der Waals surface area contributed by atoms with Crippen LogP contribution in [0, 0.1) is 5.92 Å². The molecule has 0 atom stereocenters. The van der Waals surface area contributed by atoms with Crippen molar-refractivity contribution in [1.29, 1.82) is 0 Å². The van der Waals surface area contributed by atoms with Gasteiger partial charge in [-0.05, 0) is 23.6 Å². The van der Waals surface area contributed by atoms with Crippen LogP contribution in [0.5, 0.6) is 0 Å². The van der Waals surface area contributed by atoms with Gasteiger partial charge in [-0.1, -0.05) is 41.9 Å². The maximum atomic E-state index is 11.7. The van der Waals surface area contributed by atoms with Crippen LogP contribution in [-0.4, -0.2) is 14.2 Å². The smallest absolute Gasteiger partial charge is 0.232 e. The predicted octanol–water partition coefficient (Wildman–Crippen LogP) is 2.98. The van der Waals surface area contributed by atoms with Crippen molar-refractivity contribution in [2.24, 2.45) is 5.92 Å². The molecule has 0 saturated heterocycles. The molecule has 0 bridgehead atoms. The fourth-order valence-electron chi connectivity index (χ4n) is 1.38. The average Bonchev–Trinajstić information content (AvgIpc) is 2.15. The minimum atomic E-state index is -3.22. The lowest BCUT2D eigenvalue weighted by Gasteiger charge is -2.10. The fraction of sp³-hybridized carbons (Fsp3) is 0.455. The van der Waals surface area contributed by atoms with E-state index in [-0.39, 0.29) is 11.7 Å². The first-order valence-electron chi connectivity index (χ1n) is 5.08. The summed E-state index contributed by atoms with van der Waals surface area (Å²) in [5.41, 5.74) is 1.67. The maximum absolute atomic E-state index is 11.7. The number of rotatable bonds is 5. The zero-order valence-electron chi connectivity index (χ0n) is 9.40. The van der Waals surface area contributed by atoms with Gasteiger partial charge < -0.3 is 0 Å². The Labute approximate surface area is 105 Å². The van der Waals surface area contributed by atoms with E-state index in [1.807, 2.05) is 32.0 Å². The number of nitrogens with one attached hydrogen (secondary N) is 1. The highest BCUT2D eigenvalue weighted by Crippen LogP contribution is 2.15. The summed E-state index contributed by atoms with van der Waals surface area (Å²) >= 11 is 3.33. The van der Waals surface area contributed by atoms with E-state index in [2.05, 4.69) is 20.7 Å². The van der Waals surface area contributed by atoms with Crippen LogP contribution in [0.1, 0.15) is 19.4 Å². The van der Waals surface area contributed by atoms with Gasteiger partial charge in [-0.2, -0.15) is 0 Å². The Morgan fingerprint density at radius 2 is 2.06 bits per heavy atom. The van der Waals surface area contributed by atoms with Gasteiger partial charge in [-0.15, -0.1) is 0 Å². The Balaban J connectivity index is 2.80. The molecule has 1 rings (SSSR count). The molecule has 0 unspecified atom stereocenters. The summed E-state index contributed by atoms with van der Waals surface area (Å²) in [5.74, 6) is 0.266. The second-order valence-electron chi connectivity index (χ2n) is 4.11.